The van der Waals surface area contributed by atoms with Crippen LogP contribution in [0.3, 0.4) is 0 Å². The van der Waals surface area contributed by atoms with E-state index in [0.717, 1.165) is 28.9 Å². The Morgan fingerprint density at radius 1 is 1.11 bits per heavy atom. The first-order valence-electron chi connectivity index (χ1n) is 8.66. The van der Waals surface area contributed by atoms with Crippen LogP contribution in [0.4, 0.5) is 5.13 Å². The van der Waals surface area contributed by atoms with Gasteiger partial charge in [0.15, 0.2) is 23.2 Å². The highest BCUT2D eigenvalue weighted by atomic mass is 32.1. The lowest BCUT2D eigenvalue weighted by Crippen LogP contribution is -2.15. The van der Waals surface area contributed by atoms with Crippen molar-refractivity contribution in [1.29, 1.82) is 0 Å². The summed E-state index contributed by atoms with van der Waals surface area (Å²) in [6, 6.07) is 13.7. The average molecular weight is 392 g/mol. The molecule has 0 fully saturated rings. The number of anilines is 1. The van der Waals surface area contributed by atoms with E-state index in [2.05, 4.69) is 16.4 Å². The van der Waals surface area contributed by atoms with Crippen molar-refractivity contribution in [2.75, 3.05) is 11.9 Å². The lowest BCUT2D eigenvalue weighted by atomic mass is 10.0. The summed E-state index contributed by atoms with van der Waals surface area (Å²) in [6.45, 7) is 0.985. The molecule has 0 atom stereocenters. The number of ether oxygens (including phenoxy) is 1. The number of Topliss-reactive ketones (excluding diaryl/α,β-unsaturated/α-hetero) is 1. The van der Waals surface area contributed by atoms with E-state index in [0.29, 0.717) is 10.7 Å². The van der Waals surface area contributed by atoms with Crippen molar-refractivity contribution in [1.82, 2.24) is 4.98 Å². The molecule has 1 aliphatic rings. The molecule has 0 saturated heterocycles. The lowest BCUT2D eigenvalue weighted by Gasteiger charge is -2.06. The number of nitrogens with one attached hydrogen (secondary N) is 1. The highest BCUT2D eigenvalue weighted by Crippen LogP contribution is 2.36. The number of esters is 1. The number of fused-ring (bicyclic) bond motifs is 3. The monoisotopic (exact) mass is 392 g/mol. The number of aromatic nitrogens is 1. The van der Waals surface area contributed by atoms with Gasteiger partial charge < -0.3 is 10.1 Å². The number of hydrogen-bond acceptors (Lipinski definition) is 6. The lowest BCUT2D eigenvalue weighted by molar-refractivity contribution is -0.114. The molecule has 0 bridgehead atoms. The predicted molar refractivity (Wildman–Crippen MR) is 106 cm³/mol. The van der Waals surface area contributed by atoms with E-state index < -0.39 is 5.97 Å². The molecule has 0 unspecified atom stereocenters. The number of ketones is 1. The highest BCUT2D eigenvalue weighted by molar-refractivity contribution is 7.14. The van der Waals surface area contributed by atoms with Crippen LogP contribution in [0.1, 0.15) is 38.9 Å². The Bertz CT molecular complexity index is 1100. The van der Waals surface area contributed by atoms with Gasteiger partial charge in [-0.25, -0.2) is 9.78 Å². The molecule has 140 valence electrons. The zero-order chi connectivity index (χ0) is 19.7. The molecule has 0 aliphatic heterocycles. The number of rotatable bonds is 5. The first kappa shape index (κ1) is 18.1. The van der Waals surface area contributed by atoms with Crippen LogP contribution in [0.25, 0.3) is 11.1 Å². The molecule has 1 N–H and O–H groups in total. The molecule has 1 aromatic heterocycles. The zero-order valence-electron chi connectivity index (χ0n) is 15.0. The minimum Gasteiger partial charge on any atom is -0.453 e. The van der Waals surface area contributed by atoms with Gasteiger partial charge in [0.1, 0.15) is 0 Å². The van der Waals surface area contributed by atoms with Crippen molar-refractivity contribution in [3.63, 3.8) is 0 Å². The molecular formula is C21H16N2O4S. The van der Waals surface area contributed by atoms with Crippen molar-refractivity contribution < 1.29 is 19.1 Å². The second-order valence-electron chi connectivity index (χ2n) is 6.42. The summed E-state index contributed by atoms with van der Waals surface area (Å²) >= 11 is 1.11. The number of amides is 1. The number of carbonyl (C=O) groups excluding carboxylic acids is 3. The van der Waals surface area contributed by atoms with Crippen LogP contribution in [-0.4, -0.2) is 29.3 Å². The number of hydrogen-bond donors (Lipinski definition) is 1. The Morgan fingerprint density at radius 2 is 1.89 bits per heavy atom. The fourth-order valence-corrected chi connectivity index (χ4v) is 3.89. The van der Waals surface area contributed by atoms with Gasteiger partial charge in [-0.2, -0.15) is 0 Å². The molecule has 3 aromatic rings. The third-order valence-corrected chi connectivity index (χ3v) is 5.21. The molecule has 6 nitrogen and oxygen atoms in total. The summed E-state index contributed by atoms with van der Waals surface area (Å²) in [5.41, 5.74) is 5.17. The maximum Gasteiger partial charge on any atom is 0.358 e. The molecule has 0 spiro atoms. The van der Waals surface area contributed by atoms with Crippen molar-refractivity contribution >= 4 is 34.1 Å². The van der Waals surface area contributed by atoms with E-state index in [-0.39, 0.29) is 24.0 Å². The van der Waals surface area contributed by atoms with E-state index >= 15 is 0 Å². The summed E-state index contributed by atoms with van der Waals surface area (Å²) < 4.78 is 5.09. The normalized spacial score (nSPS) is 11.5. The fourth-order valence-electron chi connectivity index (χ4n) is 3.16. The molecule has 4 rings (SSSR count). The van der Waals surface area contributed by atoms with Gasteiger partial charge in [-0.05, 0) is 34.7 Å². The van der Waals surface area contributed by atoms with Gasteiger partial charge in [-0.3, -0.25) is 9.59 Å². The summed E-state index contributed by atoms with van der Waals surface area (Å²) in [5, 5.41) is 4.28. The van der Waals surface area contributed by atoms with E-state index in [1.807, 2.05) is 30.3 Å². The van der Waals surface area contributed by atoms with Crippen LogP contribution in [-0.2, 0) is 16.0 Å². The second kappa shape index (κ2) is 7.36. The van der Waals surface area contributed by atoms with Crippen molar-refractivity contribution in [2.24, 2.45) is 0 Å². The minimum atomic E-state index is -0.701. The van der Waals surface area contributed by atoms with Gasteiger partial charge in [0.05, 0.1) is 0 Å². The Kier molecular flexibility index (Phi) is 4.75. The number of thiazole rings is 1. The quantitative estimate of drug-likeness (QED) is 0.413. The van der Waals surface area contributed by atoms with Crippen molar-refractivity contribution in [2.45, 2.75) is 13.3 Å². The molecule has 7 heteroatoms. The third-order valence-electron chi connectivity index (χ3n) is 4.45. The molecule has 0 saturated carbocycles. The topological polar surface area (TPSA) is 85.4 Å². The van der Waals surface area contributed by atoms with Crippen LogP contribution >= 0.6 is 11.3 Å². The van der Waals surface area contributed by atoms with E-state index in [9.17, 15) is 14.4 Å². The van der Waals surface area contributed by atoms with Gasteiger partial charge in [-0.15, -0.1) is 11.3 Å². The molecule has 1 aliphatic carbocycles. The molecule has 1 heterocycles. The van der Waals surface area contributed by atoms with E-state index in [4.69, 9.17) is 4.74 Å². The number of nitrogens with zero attached hydrogens (tertiary/aromatic N) is 1. The number of carbonyl (C=O) groups is 3. The third kappa shape index (κ3) is 3.57. The Hall–Kier alpha value is -3.32. The highest BCUT2D eigenvalue weighted by Gasteiger charge is 2.20. The van der Waals surface area contributed by atoms with Crippen molar-refractivity contribution in [3.05, 3.63) is 70.2 Å². The minimum absolute atomic E-state index is 0.0597. The molecule has 28 heavy (non-hydrogen) atoms. The van der Waals surface area contributed by atoms with E-state index in [1.54, 1.807) is 6.07 Å². The van der Waals surface area contributed by atoms with Gasteiger partial charge in [0.25, 0.3) is 0 Å². The van der Waals surface area contributed by atoms with Crippen molar-refractivity contribution in [3.8, 4) is 11.1 Å². The van der Waals surface area contributed by atoms with Gasteiger partial charge >= 0.3 is 5.97 Å². The standard InChI is InChI=1S/C21H16N2O4S/c1-12(24)22-21-23-18(11-28-21)20(26)27-10-19(25)15-7-6-14-8-13-4-2-3-5-16(13)17(14)9-15/h2-7,9,11H,8,10H2,1H3,(H,22,23,24). The Balaban J connectivity index is 1.43. The van der Waals surface area contributed by atoms with Gasteiger partial charge in [-0.1, -0.05) is 36.4 Å². The number of benzene rings is 2. The largest absolute Gasteiger partial charge is 0.453 e. The predicted octanol–water partition coefficient (Wildman–Crippen LogP) is 3.71. The van der Waals surface area contributed by atoms with Gasteiger partial charge in [0, 0.05) is 17.9 Å². The average Bonchev–Trinajstić information content (AvgIpc) is 3.29. The van der Waals surface area contributed by atoms with Crippen LogP contribution in [0, 0.1) is 0 Å². The van der Waals surface area contributed by atoms with Crippen LogP contribution < -0.4 is 5.32 Å². The molecular weight excluding hydrogens is 376 g/mol. The first-order valence-corrected chi connectivity index (χ1v) is 9.54. The van der Waals surface area contributed by atoms with Crippen LogP contribution in [0.15, 0.2) is 47.8 Å². The smallest absolute Gasteiger partial charge is 0.358 e. The fraction of sp³-hybridized carbons (Fsp3) is 0.143. The van der Waals surface area contributed by atoms with Crippen LogP contribution in [0.2, 0.25) is 0 Å². The summed E-state index contributed by atoms with van der Waals surface area (Å²) in [4.78, 5) is 39.6. The van der Waals surface area contributed by atoms with Gasteiger partial charge in [0.2, 0.25) is 5.91 Å². The maximum absolute atomic E-state index is 12.5. The summed E-state index contributed by atoms with van der Waals surface area (Å²) in [6.07, 6.45) is 0.857. The molecule has 0 radical (unpaired) electrons. The summed E-state index contributed by atoms with van der Waals surface area (Å²) in [7, 11) is 0. The molecule has 1 amide bonds. The molecule has 2 aromatic carbocycles. The second-order valence-corrected chi connectivity index (χ2v) is 7.28. The summed E-state index contributed by atoms with van der Waals surface area (Å²) in [5.74, 6) is -1.26. The maximum atomic E-state index is 12.5. The first-order chi connectivity index (χ1) is 13.5. The van der Waals surface area contributed by atoms with Crippen LogP contribution in [0.5, 0.6) is 0 Å². The van der Waals surface area contributed by atoms with E-state index in [1.165, 1.54) is 23.4 Å². The zero-order valence-corrected chi connectivity index (χ0v) is 15.8. The Morgan fingerprint density at radius 3 is 2.71 bits per heavy atom. The Labute approximate surface area is 165 Å². The SMILES string of the molecule is CC(=O)Nc1nc(C(=O)OCC(=O)c2ccc3c(c2)-c2ccccc2C3)cs1.